The molecule has 20 heavy (non-hydrogen) atoms. The largest absolute Gasteiger partial charge is 0.396 e. The first-order chi connectivity index (χ1) is 9.65. The summed E-state index contributed by atoms with van der Waals surface area (Å²) in [6, 6.07) is 0. The van der Waals surface area contributed by atoms with Gasteiger partial charge >= 0.3 is 0 Å². The summed E-state index contributed by atoms with van der Waals surface area (Å²) in [6.45, 7) is 8.67. The molecule has 0 aromatic carbocycles. The Balaban J connectivity index is 1.90. The van der Waals surface area contributed by atoms with Crippen molar-refractivity contribution in [1.82, 2.24) is 20.0 Å². The van der Waals surface area contributed by atoms with Crippen LogP contribution in [0, 0.1) is 0 Å². The van der Waals surface area contributed by atoms with Gasteiger partial charge in [0.25, 0.3) is 5.91 Å². The Labute approximate surface area is 119 Å². The molecule has 3 N–H and O–H groups in total. The van der Waals surface area contributed by atoms with Gasteiger partial charge in [-0.15, -0.1) is 0 Å². The molecule has 1 atom stereocenters. The van der Waals surface area contributed by atoms with Crippen molar-refractivity contribution in [2.75, 3.05) is 38.5 Å². The number of nitrogen functional groups attached to an aromatic ring is 1. The molecule has 0 bridgehead atoms. The molecule has 0 spiro atoms. The fraction of sp³-hybridized carbons (Fsp3) is 0.692. The van der Waals surface area contributed by atoms with Gasteiger partial charge in [-0.3, -0.25) is 14.4 Å². The van der Waals surface area contributed by atoms with Crippen LogP contribution in [0.4, 0.5) is 5.69 Å². The van der Waals surface area contributed by atoms with Crippen LogP contribution in [0.5, 0.6) is 0 Å². The van der Waals surface area contributed by atoms with Crippen LogP contribution in [0.25, 0.3) is 0 Å². The Morgan fingerprint density at radius 2 is 2.35 bits per heavy atom. The van der Waals surface area contributed by atoms with Crippen LogP contribution >= 0.6 is 0 Å². The number of morpholine rings is 1. The summed E-state index contributed by atoms with van der Waals surface area (Å²) in [6.07, 6.45) is 1.54. The van der Waals surface area contributed by atoms with Crippen LogP contribution in [0.2, 0.25) is 0 Å². The summed E-state index contributed by atoms with van der Waals surface area (Å²) in [5.41, 5.74) is 6.62. The predicted octanol–water partition coefficient (Wildman–Crippen LogP) is -0.0643. The third-order valence-corrected chi connectivity index (χ3v) is 3.54. The average Bonchev–Trinajstić information content (AvgIpc) is 2.86. The summed E-state index contributed by atoms with van der Waals surface area (Å²) in [4.78, 5) is 14.5. The van der Waals surface area contributed by atoms with E-state index < -0.39 is 0 Å². The van der Waals surface area contributed by atoms with E-state index in [4.69, 9.17) is 10.5 Å². The lowest BCUT2D eigenvalue weighted by Crippen LogP contribution is -2.47. The van der Waals surface area contributed by atoms with Gasteiger partial charge in [-0.05, 0) is 13.5 Å². The average molecular weight is 281 g/mol. The topological polar surface area (TPSA) is 85.4 Å². The van der Waals surface area contributed by atoms with E-state index in [1.54, 1.807) is 4.68 Å². The molecule has 112 valence electrons. The van der Waals surface area contributed by atoms with Crippen molar-refractivity contribution >= 4 is 11.6 Å². The molecule has 1 amide bonds. The molecule has 7 nitrogen and oxygen atoms in total. The zero-order valence-electron chi connectivity index (χ0n) is 12.1. The summed E-state index contributed by atoms with van der Waals surface area (Å²) < 4.78 is 7.26. The Kier molecular flexibility index (Phi) is 4.97. The third kappa shape index (κ3) is 3.29. The quantitative estimate of drug-likeness (QED) is 0.789. The number of carbonyl (C=O) groups excluding carboxylic acids is 1. The molecule has 1 fully saturated rings. The maximum atomic E-state index is 12.2. The summed E-state index contributed by atoms with van der Waals surface area (Å²) in [5.74, 6) is -0.195. The Morgan fingerprint density at radius 1 is 1.55 bits per heavy atom. The highest BCUT2D eigenvalue weighted by atomic mass is 16.5. The van der Waals surface area contributed by atoms with E-state index in [0.717, 1.165) is 19.6 Å². The monoisotopic (exact) mass is 281 g/mol. The van der Waals surface area contributed by atoms with E-state index in [9.17, 15) is 4.79 Å². The van der Waals surface area contributed by atoms with E-state index in [1.807, 2.05) is 6.92 Å². The minimum atomic E-state index is -0.195. The lowest BCUT2D eigenvalue weighted by molar-refractivity contribution is -0.0246. The molecule has 1 unspecified atom stereocenters. The third-order valence-electron chi connectivity index (χ3n) is 3.54. The number of nitrogens with two attached hydrogens (primary N) is 1. The SMILES string of the molecule is CCN1CCOC(CNC(=O)c2c(N)cnn2CC)C1. The van der Waals surface area contributed by atoms with Gasteiger partial charge in [-0.2, -0.15) is 5.10 Å². The molecule has 2 rings (SSSR count). The standard InChI is InChI=1S/C13H23N5O2/c1-3-17-5-6-20-10(9-17)7-15-13(19)12-11(14)8-16-18(12)4-2/h8,10H,3-7,9,14H2,1-2H3,(H,15,19). The molecule has 0 saturated carbocycles. The number of amides is 1. The zero-order chi connectivity index (χ0) is 14.5. The van der Waals surface area contributed by atoms with Gasteiger partial charge in [0, 0.05) is 26.2 Å². The second kappa shape index (κ2) is 6.71. The molecule has 2 heterocycles. The van der Waals surface area contributed by atoms with Crippen LogP contribution in [0.15, 0.2) is 6.20 Å². The molecule has 1 aromatic heterocycles. The number of aromatic nitrogens is 2. The summed E-state index contributed by atoms with van der Waals surface area (Å²) >= 11 is 0. The number of nitrogens with zero attached hydrogens (tertiary/aromatic N) is 3. The number of ether oxygens (including phenoxy) is 1. The van der Waals surface area contributed by atoms with Crippen LogP contribution in [-0.2, 0) is 11.3 Å². The maximum absolute atomic E-state index is 12.2. The lowest BCUT2D eigenvalue weighted by atomic mass is 10.2. The predicted molar refractivity (Wildman–Crippen MR) is 76.5 cm³/mol. The van der Waals surface area contributed by atoms with Crippen LogP contribution in [-0.4, -0.2) is 59.5 Å². The van der Waals surface area contributed by atoms with Crippen LogP contribution in [0.3, 0.4) is 0 Å². The van der Waals surface area contributed by atoms with Crippen molar-refractivity contribution in [3.05, 3.63) is 11.9 Å². The molecular formula is C13H23N5O2. The molecule has 0 aliphatic carbocycles. The van der Waals surface area contributed by atoms with Gasteiger partial charge in [0.05, 0.1) is 24.6 Å². The number of likely N-dealkylation sites (N-methyl/N-ethyl adjacent to an activating group) is 1. The Bertz CT molecular complexity index is 460. The van der Waals surface area contributed by atoms with Gasteiger partial charge < -0.3 is 15.8 Å². The number of hydrogen-bond acceptors (Lipinski definition) is 5. The fourth-order valence-electron chi connectivity index (χ4n) is 2.37. The smallest absolute Gasteiger partial charge is 0.271 e. The van der Waals surface area contributed by atoms with Gasteiger partial charge in [0.1, 0.15) is 5.69 Å². The minimum absolute atomic E-state index is 0.0341. The lowest BCUT2D eigenvalue weighted by Gasteiger charge is -2.32. The highest BCUT2D eigenvalue weighted by molar-refractivity contribution is 5.97. The first kappa shape index (κ1) is 14.8. The number of carbonyl (C=O) groups is 1. The first-order valence-corrected chi connectivity index (χ1v) is 7.09. The van der Waals surface area contributed by atoms with Gasteiger partial charge in [-0.1, -0.05) is 6.92 Å². The minimum Gasteiger partial charge on any atom is -0.396 e. The van der Waals surface area contributed by atoms with Gasteiger partial charge in [0.2, 0.25) is 0 Å². The Morgan fingerprint density at radius 3 is 3.05 bits per heavy atom. The second-order valence-corrected chi connectivity index (χ2v) is 4.86. The van der Waals surface area contributed by atoms with E-state index >= 15 is 0 Å². The van der Waals surface area contributed by atoms with E-state index in [2.05, 4.69) is 22.2 Å². The molecule has 1 aliphatic rings. The Hall–Kier alpha value is -1.60. The second-order valence-electron chi connectivity index (χ2n) is 4.86. The number of rotatable bonds is 5. The number of hydrogen-bond donors (Lipinski definition) is 2. The fourth-order valence-corrected chi connectivity index (χ4v) is 2.37. The van der Waals surface area contributed by atoms with Gasteiger partial charge in [0.15, 0.2) is 0 Å². The summed E-state index contributed by atoms with van der Waals surface area (Å²) in [7, 11) is 0. The molecule has 1 aromatic rings. The number of anilines is 1. The van der Waals surface area contributed by atoms with Crippen molar-refractivity contribution < 1.29 is 9.53 Å². The highest BCUT2D eigenvalue weighted by Gasteiger charge is 2.21. The summed E-state index contributed by atoms with van der Waals surface area (Å²) in [5, 5.41) is 6.95. The van der Waals surface area contributed by atoms with Crippen LogP contribution < -0.4 is 11.1 Å². The van der Waals surface area contributed by atoms with Crippen molar-refractivity contribution in [3.8, 4) is 0 Å². The van der Waals surface area contributed by atoms with Crippen molar-refractivity contribution in [2.24, 2.45) is 0 Å². The molecule has 1 aliphatic heterocycles. The number of nitrogens with one attached hydrogen (secondary N) is 1. The van der Waals surface area contributed by atoms with E-state index in [1.165, 1.54) is 6.20 Å². The maximum Gasteiger partial charge on any atom is 0.271 e. The van der Waals surface area contributed by atoms with E-state index in [-0.39, 0.29) is 12.0 Å². The molecule has 0 radical (unpaired) electrons. The first-order valence-electron chi connectivity index (χ1n) is 7.09. The van der Waals surface area contributed by atoms with Gasteiger partial charge in [-0.25, -0.2) is 0 Å². The van der Waals surface area contributed by atoms with Crippen molar-refractivity contribution in [2.45, 2.75) is 26.5 Å². The molecule has 1 saturated heterocycles. The zero-order valence-corrected chi connectivity index (χ0v) is 12.1. The van der Waals surface area contributed by atoms with Crippen molar-refractivity contribution in [1.29, 1.82) is 0 Å². The van der Waals surface area contributed by atoms with Crippen LogP contribution in [0.1, 0.15) is 24.3 Å². The molecular weight excluding hydrogens is 258 g/mol. The molecule has 7 heteroatoms. The highest BCUT2D eigenvalue weighted by Crippen LogP contribution is 2.11. The normalized spacial score (nSPS) is 20.0. The van der Waals surface area contributed by atoms with Crippen molar-refractivity contribution in [3.63, 3.8) is 0 Å². The van der Waals surface area contributed by atoms with E-state index in [0.29, 0.717) is 31.1 Å². The number of aryl methyl sites for hydroxylation is 1.